The Morgan fingerprint density at radius 1 is 1.32 bits per heavy atom. The molecule has 0 bridgehead atoms. The average Bonchev–Trinajstić information content (AvgIpc) is 3.07. The Labute approximate surface area is 167 Å². The van der Waals surface area contributed by atoms with E-state index in [-0.39, 0.29) is 35.8 Å². The van der Waals surface area contributed by atoms with Gasteiger partial charge < -0.3 is 15.1 Å². The minimum atomic E-state index is -2.98. The molecule has 2 rings (SSSR count). The largest absolute Gasteiger partial charge is 0.468 e. The van der Waals surface area contributed by atoms with E-state index < -0.39 is 9.84 Å². The van der Waals surface area contributed by atoms with Gasteiger partial charge in [0.1, 0.15) is 15.6 Å². The van der Waals surface area contributed by atoms with Crippen LogP contribution in [0.4, 0.5) is 0 Å². The maximum Gasteiger partial charge on any atom is 0.191 e. The number of nitrogens with one attached hydrogen (secondary N) is 2. The highest BCUT2D eigenvalue weighted by molar-refractivity contribution is 14.0. The molecule has 1 fully saturated rings. The third-order valence-corrected chi connectivity index (χ3v) is 5.10. The fourth-order valence-electron chi connectivity index (χ4n) is 2.89. The lowest BCUT2D eigenvalue weighted by Gasteiger charge is -2.33. The molecule has 0 amide bonds. The van der Waals surface area contributed by atoms with Gasteiger partial charge in [-0.3, -0.25) is 9.89 Å². The number of nitrogens with zero attached hydrogens (tertiary/aromatic N) is 2. The molecule has 1 saturated heterocycles. The van der Waals surface area contributed by atoms with Gasteiger partial charge in [0.05, 0.1) is 18.1 Å². The summed E-state index contributed by atoms with van der Waals surface area (Å²) < 4.78 is 28.0. The van der Waals surface area contributed by atoms with Crippen molar-refractivity contribution in [3.63, 3.8) is 0 Å². The summed E-state index contributed by atoms with van der Waals surface area (Å²) in [7, 11) is -1.30. The van der Waals surface area contributed by atoms with Crippen molar-refractivity contribution in [1.82, 2.24) is 15.5 Å². The maximum atomic E-state index is 11.2. The molecule has 0 spiro atoms. The second-order valence-corrected chi connectivity index (χ2v) is 8.40. The lowest BCUT2D eigenvalue weighted by molar-refractivity contribution is 0.146. The number of furan rings is 1. The Kier molecular flexibility index (Phi) is 9.80. The second-order valence-electron chi connectivity index (χ2n) is 6.14. The van der Waals surface area contributed by atoms with Gasteiger partial charge in [0, 0.05) is 26.4 Å². The molecule has 0 saturated carbocycles. The highest BCUT2D eigenvalue weighted by Gasteiger charge is 2.24. The first-order valence-electron chi connectivity index (χ1n) is 8.39. The Hall–Kier alpha value is -0.810. The van der Waals surface area contributed by atoms with Crippen molar-refractivity contribution < 1.29 is 12.8 Å². The zero-order valence-electron chi connectivity index (χ0n) is 14.9. The van der Waals surface area contributed by atoms with E-state index in [0.29, 0.717) is 19.0 Å². The van der Waals surface area contributed by atoms with Crippen LogP contribution in [0, 0.1) is 0 Å². The second kappa shape index (κ2) is 11.0. The van der Waals surface area contributed by atoms with Crippen molar-refractivity contribution in [3.05, 3.63) is 24.2 Å². The van der Waals surface area contributed by atoms with Crippen LogP contribution in [0.5, 0.6) is 0 Å². The normalized spacial score (nSPS) is 17.6. The van der Waals surface area contributed by atoms with Crippen LogP contribution in [0.2, 0.25) is 0 Å². The van der Waals surface area contributed by atoms with Crippen LogP contribution in [0.3, 0.4) is 0 Å². The number of piperidine rings is 1. The molecule has 0 radical (unpaired) electrons. The highest BCUT2D eigenvalue weighted by Crippen LogP contribution is 2.24. The van der Waals surface area contributed by atoms with Gasteiger partial charge >= 0.3 is 0 Å². The van der Waals surface area contributed by atoms with Crippen molar-refractivity contribution in [2.75, 3.05) is 45.2 Å². The molecule has 0 aliphatic carbocycles. The highest BCUT2D eigenvalue weighted by atomic mass is 127. The average molecular weight is 484 g/mol. The lowest BCUT2D eigenvalue weighted by Crippen LogP contribution is -2.45. The van der Waals surface area contributed by atoms with Crippen LogP contribution in [-0.4, -0.2) is 64.5 Å². The lowest BCUT2D eigenvalue weighted by atomic mass is 10.1. The molecular weight excluding hydrogens is 455 g/mol. The first-order chi connectivity index (χ1) is 11.5. The number of likely N-dealkylation sites (tertiary alicyclic amines) is 1. The zero-order valence-corrected chi connectivity index (χ0v) is 18.0. The van der Waals surface area contributed by atoms with Crippen LogP contribution in [0.15, 0.2) is 27.8 Å². The van der Waals surface area contributed by atoms with E-state index >= 15 is 0 Å². The molecule has 25 heavy (non-hydrogen) atoms. The predicted octanol–water partition coefficient (Wildman–Crippen LogP) is 1.63. The molecule has 1 aromatic rings. The van der Waals surface area contributed by atoms with Crippen molar-refractivity contribution in [2.45, 2.75) is 25.3 Å². The van der Waals surface area contributed by atoms with Crippen LogP contribution >= 0.6 is 24.0 Å². The Balaban J connectivity index is 0.00000312. The van der Waals surface area contributed by atoms with E-state index in [1.807, 2.05) is 12.1 Å². The maximum absolute atomic E-state index is 11.2. The summed E-state index contributed by atoms with van der Waals surface area (Å²) in [4.78, 5) is 6.59. The number of hydrogen-bond donors (Lipinski definition) is 2. The van der Waals surface area contributed by atoms with E-state index in [2.05, 4.69) is 20.5 Å². The molecule has 0 aromatic carbocycles. The smallest absolute Gasteiger partial charge is 0.191 e. The van der Waals surface area contributed by atoms with Gasteiger partial charge in [0.25, 0.3) is 0 Å². The van der Waals surface area contributed by atoms with Crippen LogP contribution in [-0.2, 0) is 9.84 Å². The quantitative estimate of drug-likeness (QED) is 0.348. The fraction of sp³-hybridized carbons (Fsp3) is 0.688. The van der Waals surface area contributed by atoms with Crippen molar-refractivity contribution in [3.8, 4) is 0 Å². The van der Waals surface area contributed by atoms with Gasteiger partial charge in [-0.05, 0) is 38.1 Å². The summed E-state index contributed by atoms with van der Waals surface area (Å²) in [6.07, 6.45) is 6.63. The molecule has 1 unspecified atom stereocenters. The van der Waals surface area contributed by atoms with E-state index in [1.54, 1.807) is 13.3 Å². The van der Waals surface area contributed by atoms with E-state index in [0.717, 1.165) is 18.8 Å². The van der Waals surface area contributed by atoms with E-state index in [9.17, 15) is 8.42 Å². The molecule has 2 N–H and O–H groups in total. The van der Waals surface area contributed by atoms with Gasteiger partial charge in [0.15, 0.2) is 5.96 Å². The minimum absolute atomic E-state index is 0. The number of hydrogen-bond acceptors (Lipinski definition) is 5. The topological polar surface area (TPSA) is 86.9 Å². The molecular formula is C16H29IN4O3S. The summed E-state index contributed by atoms with van der Waals surface area (Å²) in [6, 6.07) is 4.06. The standard InChI is InChI=1S/C16H28N4O3S.HI/c1-17-16(18-8-12-24(2,21)22)19-13-14(15-7-6-11-23-15)20-9-4-3-5-10-20;/h6-7,11,14H,3-5,8-10,12-13H2,1-2H3,(H2,17,18,19);1H. The summed E-state index contributed by atoms with van der Waals surface area (Å²) in [5, 5.41) is 6.32. The van der Waals surface area contributed by atoms with Gasteiger partial charge in [-0.25, -0.2) is 8.42 Å². The molecule has 9 heteroatoms. The molecule has 7 nitrogen and oxygen atoms in total. The van der Waals surface area contributed by atoms with Crippen molar-refractivity contribution in [2.24, 2.45) is 4.99 Å². The van der Waals surface area contributed by atoms with Crippen molar-refractivity contribution >= 4 is 39.8 Å². The molecule has 144 valence electrons. The summed E-state index contributed by atoms with van der Waals surface area (Å²) >= 11 is 0. The zero-order chi connectivity index (χ0) is 17.4. The van der Waals surface area contributed by atoms with Crippen molar-refractivity contribution in [1.29, 1.82) is 0 Å². The number of sulfone groups is 1. The molecule has 1 atom stereocenters. The monoisotopic (exact) mass is 484 g/mol. The van der Waals surface area contributed by atoms with Gasteiger partial charge in [-0.1, -0.05) is 6.42 Å². The Morgan fingerprint density at radius 3 is 2.60 bits per heavy atom. The SMILES string of the molecule is CN=C(NCCS(C)(=O)=O)NCC(c1ccco1)N1CCCCC1.I. The number of aliphatic imine (C=N–C) groups is 1. The minimum Gasteiger partial charge on any atom is -0.468 e. The summed E-state index contributed by atoms with van der Waals surface area (Å²) in [6.45, 7) is 3.13. The fourth-order valence-corrected chi connectivity index (χ4v) is 3.36. The van der Waals surface area contributed by atoms with E-state index in [1.165, 1.54) is 25.5 Å². The van der Waals surface area contributed by atoms with Gasteiger partial charge in [-0.15, -0.1) is 24.0 Å². The number of rotatable bonds is 7. The van der Waals surface area contributed by atoms with Gasteiger partial charge in [0.2, 0.25) is 0 Å². The predicted molar refractivity (Wildman–Crippen MR) is 111 cm³/mol. The third-order valence-electron chi connectivity index (χ3n) is 4.15. The Bertz CT molecular complexity index is 613. The molecule has 1 aliphatic heterocycles. The Morgan fingerprint density at radius 2 is 2.04 bits per heavy atom. The summed E-state index contributed by atoms with van der Waals surface area (Å²) in [5.74, 6) is 1.63. The van der Waals surface area contributed by atoms with E-state index in [4.69, 9.17) is 4.42 Å². The summed E-state index contributed by atoms with van der Waals surface area (Å²) in [5.41, 5.74) is 0. The first kappa shape index (κ1) is 22.2. The van der Waals surface area contributed by atoms with Crippen LogP contribution in [0.25, 0.3) is 0 Å². The molecule has 1 aromatic heterocycles. The van der Waals surface area contributed by atoms with Crippen LogP contribution < -0.4 is 10.6 Å². The number of halogens is 1. The molecule has 2 heterocycles. The number of guanidine groups is 1. The first-order valence-corrected chi connectivity index (χ1v) is 10.5. The third kappa shape index (κ3) is 7.95. The van der Waals surface area contributed by atoms with Gasteiger partial charge in [-0.2, -0.15) is 0 Å². The van der Waals surface area contributed by atoms with Crippen LogP contribution in [0.1, 0.15) is 31.1 Å². The molecule has 1 aliphatic rings.